The first kappa shape index (κ1) is 13.1. The van der Waals surface area contributed by atoms with Gasteiger partial charge in [-0.05, 0) is 20.8 Å². The molecule has 2 atom stereocenters. The quantitative estimate of drug-likeness (QED) is 0.646. The fraction of sp³-hybridized carbons (Fsp3) is 0.700. The zero-order valence-corrected chi connectivity index (χ0v) is 9.29. The molecule has 0 aromatic heterocycles. The number of hydrogen-bond acceptors (Lipinski definition) is 3. The van der Waals surface area contributed by atoms with Crippen LogP contribution >= 0.6 is 0 Å². The van der Waals surface area contributed by atoms with Crippen LogP contribution < -0.4 is 5.32 Å². The molecule has 1 amide bonds. The standard InChI is InChI=1S/C8H15NO3.C2H4/c1-5-6(7(10)9-4)12-8(2,3)11-5;1-2/h5-6H,1-4H3,(H,9,10);1-2H2. The molecule has 1 aliphatic rings. The van der Waals surface area contributed by atoms with Gasteiger partial charge in [0.2, 0.25) is 0 Å². The van der Waals surface area contributed by atoms with Gasteiger partial charge in [-0.25, -0.2) is 0 Å². The number of nitrogens with one attached hydrogen (secondary N) is 1. The second-order valence-electron chi connectivity index (χ2n) is 3.38. The number of carbonyl (C=O) groups is 1. The molecule has 1 rings (SSSR count). The Bertz CT molecular complexity index is 204. The van der Waals surface area contributed by atoms with E-state index in [9.17, 15) is 4.79 Å². The molecule has 0 spiro atoms. The van der Waals surface area contributed by atoms with E-state index in [1.807, 2.05) is 6.92 Å². The predicted molar refractivity (Wildman–Crippen MR) is 54.8 cm³/mol. The van der Waals surface area contributed by atoms with Gasteiger partial charge in [-0.2, -0.15) is 0 Å². The molecule has 0 radical (unpaired) electrons. The number of rotatable bonds is 1. The highest BCUT2D eigenvalue weighted by atomic mass is 16.8. The average molecular weight is 201 g/mol. The topological polar surface area (TPSA) is 47.6 Å². The molecule has 0 saturated carbocycles. The highest BCUT2D eigenvalue weighted by Crippen LogP contribution is 2.27. The van der Waals surface area contributed by atoms with Crippen LogP contribution in [0.1, 0.15) is 20.8 Å². The molecule has 1 fully saturated rings. The molecule has 1 saturated heterocycles. The first-order valence-corrected chi connectivity index (χ1v) is 4.53. The molecule has 1 heterocycles. The second kappa shape index (κ2) is 5.12. The van der Waals surface area contributed by atoms with E-state index in [0.717, 1.165) is 0 Å². The summed E-state index contributed by atoms with van der Waals surface area (Å²) in [6, 6.07) is 0. The van der Waals surface area contributed by atoms with Crippen LogP contribution in [0.25, 0.3) is 0 Å². The van der Waals surface area contributed by atoms with Crippen molar-refractivity contribution in [3.8, 4) is 0 Å². The summed E-state index contributed by atoms with van der Waals surface area (Å²) in [6.45, 7) is 11.4. The van der Waals surface area contributed by atoms with E-state index in [4.69, 9.17) is 9.47 Å². The zero-order chi connectivity index (χ0) is 11.4. The summed E-state index contributed by atoms with van der Waals surface area (Å²) in [6.07, 6.45) is -0.662. The number of likely N-dealkylation sites (N-methyl/N-ethyl adjacent to an activating group) is 1. The number of ether oxygens (including phenoxy) is 2. The van der Waals surface area contributed by atoms with Gasteiger partial charge in [0.05, 0.1) is 6.10 Å². The third kappa shape index (κ3) is 3.12. The van der Waals surface area contributed by atoms with Gasteiger partial charge in [-0.15, -0.1) is 13.2 Å². The minimum Gasteiger partial charge on any atom is -0.357 e. The van der Waals surface area contributed by atoms with Crippen molar-refractivity contribution in [2.45, 2.75) is 38.8 Å². The summed E-state index contributed by atoms with van der Waals surface area (Å²) in [5, 5.41) is 2.53. The maximum Gasteiger partial charge on any atom is 0.251 e. The van der Waals surface area contributed by atoms with Gasteiger partial charge in [0.1, 0.15) is 0 Å². The molecule has 0 bridgehead atoms. The van der Waals surface area contributed by atoms with Crippen LogP contribution in [-0.2, 0) is 14.3 Å². The van der Waals surface area contributed by atoms with Gasteiger partial charge in [0.25, 0.3) is 5.91 Å². The van der Waals surface area contributed by atoms with Gasteiger partial charge in [0.15, 0.2) is 11.9 Å². The van der Waals surface area contributed by atoms with Gasteiger partial charge in [-0.1, -0.05) is 0 Å². The summed E-state index contributed by atoms with van der Waals surface area (Å²) in [5.74, 6) is -0.774. The first-order valence-electron chi connectivity index (χ1n) is 4.53. The second-order valence-corrected chi connectivity index (χ2v) is 3.38. The average Bonchev–Trinajstić information content (AvgIpc) is 2.42. The molecule has 2 unspecified atom stereocenters. The smallest absolute Gasteiger partial charge is 0.251 e. The van der Waals surface area contributed by atoms with E-state index < -0.39 is 11.9 Å². The number of carbonyl (C=O) groups excluding carboxylic acids is 1. The SMILES string of the molecule is C=C.CNC(=O)C1OC(C)(C)OC1C. The molecule has 1 aliphatic heterocycles. The Balaban J connectivity index is 0.000000791. The molecule has 0 aliphatic carbocycles. The van der Waals surface area contributed by atoms with Crippen molar-refractivity contribution in [3.63, 3.8) is 0 Å². The Kier molecular flexibility index (Phi) is 4.80. The summed E-state index contributed by atoms with van der Waals surface area (Å²) in [4.78, 5) is 11.2. The van der Waals surface area contributed by atoms with Crippen LogP contribution in [0.4, 0.5) is 0 Å². The van der Waals surface area contributed by atoms with Crippen LogP contribution in [0.2, 0.25) is 0 Å². The molecular formula is C10H19NO3. The summed E-state index contributed by atoms with van der Waals surface area (Å²) < 4.78 is 10.8. The summed E-state index contributed by atoms with van der Waals surface area (Å²) in [7, 11) is 1.59. The van der Waals surface area contributed by atoms with Gasteiger partial charge in [0, 0.05) is 7.05 Å². The molecule has 82 valence electrons. The lowest BCUT2D eigenvalue weighted by Gasteiger charge is -2.16. The Morgan fingerprint density at radius 1 is 1.36 bits per heavy atom. The summed E-state index contributed by atoms with van der Waals surface area (Å²) in [5.41, 5.74) is 0. The number of hydrogen-bond donors (Lipinski definition) is 1. The van der Waals surface area contributed by atoms with E-state index >= 15 is 0 Å². The lowest BCUT2D eigenvalue weighted by molar-refractivity contribution is -0.155. The van der Waals surface area contributed by atoms with Crippen molar-refractivity contribution in [1.82, 2.24) is 5.32 Å². The van der Waals surface area contributed by atoms with Gasteiger partial charge >= 0.3 is 0 Å². The van der Waals surface area contributed by atoms with E-state index in [2.05, 4.69) is 18.5 Å². The molecule has 4 heteroatoms. The minimum absolute atomic E-state index is 0.131. The fourth-order valence-electron chi connectivity index (χ4n) is 1.35. The first-order chi connectivity index (χ1) is 6.46. The van der Waals surface area contributed by atoms with Crippen LogP contribution in [0.3, 0.4) is 0 Å². The fourth-order valence-corrected chi connectivity index (χ4v) is 1.35. The maximum absolute atomic E-state index is 11.2. The van der Waals surface area contributed by atoms with Crippen molar-refractivity contribution in [2.24, 2.45) is 0 Å². The van der Waals surface area contributed by atoms with E-state index in [-0.39, 0.29) is 12.0 Å². The normalized spacial score (nSPS) is 28.9. The third-order valence-corrected chi connectivity index (χ3v) is 1.81. The van der Waals surface area contributed by atoms with Crippen LogP contribution in [0, 0.1) is 0 Å². The molecule has 4 nitrogen and oxygen atoms in total. The van der Waals surface area contributed by atoms with Gasteiger partial charge in [-0.3, -0.25) is 4.79 Å². The molecule has 14 heavy (non-hydrogen) atoms. The monoisotopic (exact) mass is 201 g/mol. The van der Waals surface area contributed by atoms with E-state index in [0.29, 0.717) is 0 Å². The molecule has 1 N–H and O–H groups in total. The third-order valence-electron chi connectivity index (χ3n) is 1.81. The predicted octanol–water partition coefficient (Wildman–Crippen LogP) is 1.07. The molecule has 0 aromatic carbocycles. The minimum atomic E-state index is -0.642. The molecule has 0 aromatic rings. The van der Waals surface area contributed by atoms with Gasteiger partial charge < -0.3 is 14.8 Å². The number of amides is 1. The van der Waals surface area contributed by atoms with E-state index in [1.165, 1.54) is 0 Å². The van der Waals surface area contributed by atoms with Crippen molar-refractivity contribution in [1.29, 1.82) is 0 Å². The van der Waals surface area contributed by atoms with Crippen LogP contribution in [0.15, 0.2) is 13.2 Å². The lowest BCUT2D eigenvalue weighted by atomic mass is 10.2. The lowest BCUT2D eigenvalue weighted by Crippen LogP contribution is -2.37. The Morgan fingerprint density at radius 3 is 2.14 bits per heavy atom. The largest absolute Gasteiger partial charge is 0.357 e. The molecular weight excluding hydrogens is 182 g/mol. The maximum atomic E-state index is 11.2. The van der Waals surface area contributed by atoms with Crippen molar-refractivity contribution in [2.75, 3.05) is 7.05 Å². The van der Waals surface area contributed by atoms with E-state index in [1.54, 1.807) is 20.9 Å². The van der Waals surface area contributed by atoms with Crippen molar-refractivity contribution < 1.29 is 14.3 Å². The Hall–Kier alpha value is -0.870. The highest BCUT2D eigenvalue weighted by Gasteiger charge is 2.42. The summed E-state index contributed by atoms with van der Waals surface area (Å²) >= 11 is 0. The van der Waals surface area contributed by atoms with Crippen LogP contribution in [0.5, 0.6) is 0 Å². The highest BCUT2D eigenvalue weighted by molar-refractivity contribution is 5.81. The van der Waals surface area contributed by atoms with Crippen molar-refractivity contribution >= 4 is 5.91 Å². The van der Waals surface area contributed by atoms with Crippen molar-refractivity contribution in [3.05, 3.63) is 13.2 Å². The van der Waals surface area contributed by atoms with Crippen LogP contribution in [-0.4, -0.2) is 30.9 Å². The zero-order valence-electron chi connectivity index (χ0n) is 9.29. The Labute approximate surface area is 85.3 Å². The Morgan fingerprint density at radius 2 is 1.86 bits per heavy atom.